The number of carbonyl (C=O) groups is 1. The fourth-order valence-electron chi connectivity index (χ4n) is 1.76. The Kier molecular flexibility index (Phi) is 4.30. The molecule has 1 aromatic rings. The van der Waals surface area contributed by atoms with Crippen LogP contribution in [0, 0.1) is 12.8 Å². The van der Waals surface area contributed by atoms with E-state index in [-0.39, 0.29) is 23.9 Å². The zero-order valence-electron chi connectivity index (χ0n) is 12.5. The Morgan fingerprint density at radius 3 is 2.76 bits per heavy atom. The normalized spacial score (nSPS) is 18.4. The van der Waals surface area contributed by atoms with Crippen molar-refractivity contribution >= 4 is 23.9 Å². The first kappa shape index (κ1) is 15.1. The quantitative estimate of drug-likeness (QED) is 0.617. The summed E-state index contributed by atoms with van der Waals surface area (Å²) in [5, 5.41) is 0. The lowest BCUT2D eigenvalue weighted by Crippen LogP contribution is -2.26. The highest BCUT2D eigenvalue weighted by atomic mass is 16.6. The van der Waals surface area contributed by atoms with Gasteiger partial charge in [-0.05, 0) is 19.8 Å². The van der Waals surface area contributed by atoms with Gasteiger partial charge in [0.2, 0.25) is 5.90 Å². The van der Waals surface area contributed by atoms with Gasteiger partial charge in [0.1, 0.15) is 18.9 Å². The molecule has 0 N–H and O–H groups in total. The van der Waals surface area contributed by atoms with Gasteiger partial charge in [0.15, 0.2) is 5.82 Å². The van der Waals surface area contributed by atoms with E-state index in [0.717, 1.165) is 0 Å². The third kappa shape index (κ3) is 3.42. The smallest absolute Gasteiger partial charge is 0.337 e. The summed E-state index contributed by atoms with van der Waals surface area (Å²) < 4.78 is 6.33. The van der Waals surface area contributed by atoms with Gasteiger partial charge < -0.3 is 4.74 Å². The molecule has 2 heterocycles. The number of carbonyl (C=O) groups excluding carboxylic acids is 1. The molecule has 1 atom stereocenters. The van der Waals surface area contributed by atoms with Gasteiger partial charge in [0, 0.05) is 6.21 Å². The number of rotatable bonds is 4. The topological polar surface area (TPSA) is 85.9 Å². The zero-order valence-corrected chi connectivity index (χ0v) is 12.5. The molecule has 21 heavy (non-hydrogen) atoms. The van der Waals surface area contributed by atoms with Crippen molar-refractivity contribution in [3.05, 3.63) is 22.2 Å². The van der Waals surface area contributed by atoms with Gasteiger partial charge >= 0.3 is 5.97 Å². The first-order chi connectivity index (χ1) is 9.88. The second-order valence-electron chi connectivity index (χ2n) is 5.27. The number of aromatic nitrogens is 2. The van der Waals surface area contributed by atoms with E-state index in [1.165, 1.54) is 10.9 Å². The number of esters is 1. The van der Waals surface area contributed by atoms with Crippen molar-refractivity contribution in [3.63, 3.8) is 0 Å². The molecule has 0 radical (unpaired) electrons. The third-order valence-electron chi connectivity index (χ3n) is 2.93. The van der Waals surface area contributed by atoms with Crippen molar-refractivity contribution in [1.82, 2.24) is 9.55 Å². The third-order valence-corrected chi connectivity index (χ3v) is 2.93. The van der Waals surface area contributed by atoms with Crippen LogP contribution < -0.4 is 5.56 Å². The van der Waals surface area contributed by atoms with E-state index in [4.69, 9.17) is 4.74 Å². The van der Waals surface area contributed by atoms with Gasteiger partial charge in [-0.3, -0.25) is 9.36 Å². The molecule has 0 unspecified atom stereocenters. The molecule has 0 aliphatic carbocycles. The van der Waals surface area contributed by atoms with Crippen LogP contribution in [0.4, 0.5) is 5.82 Å². The molecule has 1 aliphatic rings. The molecule has 0 bridgehead atoms. The van der Waals surface area contributed by atoms with Crippen LogP contribution in [0.2, 0.25) is 0 Å². The van der Waals surface area contributed by atoms with Crippen molar-refractivity contribution in [2.45, 2.75) is 40.3 Å². The van der Waals surface area contributed by atoms with E-state index >= 15 is 0 Å². The monoisotopic (exact) mass is 290 g/mol. The number of cyclic esters (lactones) is 1. The average Bonchev–Trinajstić information content (AvgIpc) is 2.73. The maximum Gasteiger partial charge on any atom is 0.337 e. The molecule has 2 rings (SSSR count). The van der Waals surface area contributed by atoms with Crippen LogP contribution in [0.25, 0.3) is 0 Å². The largest absolute Gasteiger partial charge is 0.408 e. The number of hydrogen-bond acceptors (Lipinski definition) is 6. The van der Waals surface area contributed by atoms with Gasteiger partial charge in [-0.15, -0.1) is 0 Å². The Labute approximate surface area is 122 Å². The van der Waals surface area contributed by atoms with Gasteiger partial charge in [-0.25, -0.2) is 19.8 Å². The van der Waals surface area contributed by atoms with Crippen molar-refractivity contribution in [1.29, 1.82) is 0 Å². The highest BCUT2D eigenvalue weighted by Gasteiger charge is 2.25. The Morgan fingerprint density at radius 2 is 2.19 bits per heavy atom. The molecule has 0 saturated heterocycles. The Bertz CT molecular complexity index is 673. The van der Waals surface area contributed by atoms with E-state index in [0.29, 0.717) is 11.4 Å². The summed E-state index contributed by atoms with van der Waals surface area (Å²) in [4.78, 5) is 35.9. The van der Waals surface area contributed by atoms with Crippen molar-refractivity contribution in [2.75, 3.05) is 0 Å². The second-order valence-corrected chi connectivity index (χ2v) is 5.27. The van der Waals surface area contributed by atoms with Crippen LogP contribution >= 0.6 is 0 Å². The summed E-state index contributed by atoms with van der Waals surface area (Å²) >= 11 is 0. The molecule has 0 aromatic carbocycles. The average molecular weight is 290 g/mol. The molecule has 112 valence electrons. The highest BCUT2D eigenvalue weighted by molar-refractivity contribution is 5.96. The Hall–Kier alpha value is -2.31. The first-order valence-corrected chi connectivity index (χ1v) is 6.77. The fraction of sp³-hybridized carbons (Fsp3) is 0.500. The van der Waals surface area contributed by atoms with Crippen molar-refractivity contribution in [2.24, 2.45) is 15.9 Å². The van der Waals surface area contributed by atoms with Gasteiger partial charge in [-0.2, -0.15) is 0 Å². The van der Waals surface area contributed by atoms with E-state index in [1.807, 2.05) is 13.8 Å². The zero-order chi connectivity index (χ0) is 15.6. The molecule has 0 spiro atoms. The van der Waals surface area contributed by atoms with Crippen LogP contribution in [0.1, 0.15) is 26.3 Å². The lowest BCUT2D eigenvalue weighted by molar-refractivity contribution is -0.134. The molecule has 0 amide bonds. The summed E-state index contributed by atoms with van der Waals surface area (Å²) in [5.74, 6) is 0.515. The summed E-state index contributed by atoms with van der Waals surface area (Å²) in [6, 6.07) is -0.514. The molecule has 7 nitrogen and oxygen atoms in total. The van der Waals surface area contributed by atoms with Crippen LogP contribution in [-0.2, 0) is 16.1 Å². The standard InChI is InChI=1S/C14H18N4O3/c1-8(2)5-15-12-9(3)13(19)18(7-16-12)6-11-17-10(4)14(20)21-11/h5,7-8,10H,6H2,1-4H3/t10-/m1/s1. The first-order valence-electron chi connectivity index (χ1n) is 6.77. The summed E-state index contributed by atoms with van der Waals surface area (Å²) in [6.45, 7) is 7.40. The summed E-state index contributed by atoms with van der Waals surface area (Å²) in [7, 11) is 0. The van der Waals surface area contributed by atoms with Crippen LogP contribution in [-0.4, -0.2) is 33.7 Å². The Morgan fingerprint density at radius 1 is 1.48 bits per heavy atom. The minimum Gasteiger partial charge on any atom is -0.408 e. The lowest BCUT2D eigenvalue weighted by Gasteiger charge is -2.07. The molecule has 0 saturated carbocycles. The molecular formula is C14H18N4O3. The van der Waals surface area contributed by atoms with Gasteiger partial charge in [-0.1, -0.05) is 13.8 Å². The number of aliphatic imine (C=N–C) groups is 2. The minimum absolute atomic E-state index is 0.0942. The van der Waals surface area contributed by atoms with Crippen molar-refractivity contribution in [3.8, 4) is 0 Å². The number of nitrogens with zero attached hydrogens (tertiary/aromatic N) is 4. The number of hydrogen-bond donors (Lipinski definition) is 0. The highest BCUT2D eigenvalue weighted by Crippen LogP contribution is 2.11. The van der Waals surface area contributed by atoms with E-state index in [2.05, 4.69) is 15.0 Å². The van der Waals surface area contributed by atoms with Crippen molar-refractivity contribution < 1.29 is 9.53 Å². The molecule has 0 fully saturated rings. The molecule has 7 heteroatoms. The van der Waals surface area contributed by atoms with E-state index in [9.17, 15) is 9.59 Å². The van der Waals surface area contributed by atoms with Crippen LogP contribution in [0.5, 0.6) is 0 Å². The minimum atomic E-state index is -0.514. The SMILES string of the molecule is Cc1c(N=CC(C)C)ncn(CC2=N[C@H](C)C(=O)O2)c1=O. The maximum atomic E-state index is 12.2. The summed E-state index contributed by atoms with van der Waals surface area (Å²) in [5.41, 5.74) is 0.228. The second kappa shape index (κ2) is 5.99. The molecule has 1 aromatic heterocycles. The Balaban J connectivity index is 2.24. The predicted octanol–water partition coefficient (Wildman–Crippen LogP) is 1.25. The lowest BCUT2D eigenvalue weighted by atomic mass is 10.2. The van der Waals surface area contributed by atoms with Crippen LogP contribution in [0.3, 0.4) is 0 Å². The fourth-order valence-corrected chi connectivity index (χ4v) is 1.76. The number of ether oxygens (including phenoxy) is 1. The maximum absolute atomic E-state index is 12.2. The van der Waals surface area contributed by atoms with E-state index in [1.54, 1.807) is 20.1 Å². The van der Waals surface area contributed by atoms with Crippen LogP contribution in [0.15, 0.2) is 21.1 Å². The van der Waals surface area contributed by atoms with Gasteiger partial charge in [0.05, 0.1) is 5.56 Å². The molecular weight excluding hydrogens is 272 g/mol. The molecule has 1 aliphatic heterocycles. The van der Waals surface area contributed by atoms with E-state index < -0.39 is 12.0 Å². The predicted molar refractivity (Wildman–Crippen MR) is 79.2 cm³/mol. The van der Waals surface area contributed by atoms with Gasteiger partial charge in [0.25, 0.3) is 5.56 Å². The summed E-state index contributed by atoms with van der Waals surface area (Å²) in [6.07, 6.45) is 3.13.